The van der Waals surface area contributed by atoms with Crippen molar-refractivity contribution in [3.63, 3.8) is 0 Å². The van der Waals surface area contributed by atoms with Gasteiger partial charge < -0.3 is 10.1 Å². The lowest BCUT2D eigenvalue weighted by Gasteiger charge is -2.16. The molecular formula is C19H15ClFNO2. The number of hydrogen-bond acceptors (Lipinski definition) is 2. The van der Waals surface area contributed by atoms with Crippen molar-refractivity contribution in [1.82, 2.24) is 0 Å². The van der Waals surface area contributed by atoms with E-state index in [4.69, 9.17) is 16.3 Å². The molecule has 0 saturated carbocycles. The van der Waals surface area contributed by atoms with Crippen LogP contribution in [0.3, 0.4) is 0 Å². The summed E-state index contributed by atoms with van der Waals surface area (Å²) in [5.74, 6) is -0.509. The van der Waals surface area contributed by atoms with Crippen LogP contribution in [0, 0.1) is 5.82 Å². The second kappa shape index (κ2) is 6.89. The number of carbonyl (C=O) groups is 1. The standard InChI is InChI=1S/C19H15ClFNO2/c1-12(24-18-10-9-14(21)11-16(18)20)19(23)22-17-8-4-6-13-5-2-3-7-15(13)17/h2-12H,1H3,(H,22,23)/t12-/m0/s1. The Morgan fingerprint density at radius 2 is 1.88 bits per heavy atom. The lowest BCUT2D eigenvalue weighted by atomic mass is 10.1. The summed E-state index contributed by atoms with van der Waals surface area (Å²) in [4.78, 5) is 12.4. The minimum absolute atomic E-state index is 0.125. The van der Waals surface area contributed by atoms with Crippen molar-refractivity contribution in [2.24, 2.45) is 0 Å². The molecule has 3 nitrogen and oxygen atoms in total. The maximum Gasteiger partial charge on any atom is 0.265 e. The number of anilines is 1. The average Bonchev–Trinajstić information content (AvgIpc) is 2.57. The molecule has 0 spiro atoms. The summed E-state index contributed by atoms with van der Waals surface area (Å²) < 4.78 is 18.6. The van der Waals surface area contributed by atoms with E-state index in [9.17, 15) is 9.18 Å². The average molecular weight is 344 g/mol. The Morgan fingerprint density at radius 3 is 2.67 bits per heavy atom. The number of rotatable bonds is 4. The number of amides is 1. The molecule has 122 valence electrons. The minimum atomic E-state index is -0.785. The molecule has 1 N–H and O–H groups in total. The summed E-state index contributed by atoms with van der Waals surface area (Å²) in [5, 5.41) is 4.96. The summed E-state index contributed by atoms with van der Waals surface area (Å²) in [7, 11) is 0. The summed E-state index contributed by atoms with van der Waals surface area (Å²) >= 11 is 5.92. The van der Waals surface area contributed by atoms with E-state index in [1.807, 2.05) is 42.5 Å². The Balaban J connectivity index is 1.76. The summed E-state index contributed by atoms with van der Waals surface area (Å²) in [6.45, 7) is 1.61. The lowest BCUT2D eigenvalue weighted by Crippen LogP contribution is -2.30. The van der Waals surface area contributed by atoms with Crippen LogP contribution in [-0.2, 0) is 4.79 Å². The minimum Gasteiger partial charge on any atom is -0.479 e. The first kappa shape index (κ1) is 16.3. The van der Waals surface area contributed by atoms with Crippen LogP contribution in [0.4, 0.5) is 10.1 Å². The number of benzene rings is 3. The van der Waals surface area contributed by atoms with Gasteiger partial charge in [0.05, 0.1) is 5.02 Å². The predicted octanol–water partition coefficient (Wildman–Crippen LogP) is 5.04. The molecule has 0 saturated heterocycles. The molecule has 5 heteroatoms. The molecule has 3 rings (SSSR count). The topological polar surface area (TPSA) is 38.3 Å². The smallest absolute Gasteiger partial charge is 0.265 e. The Labute approximate surface area is 144 Å². The molecule has 0 aliphatic heterocycles. The molecule has 1 atom stereocenters. The molecule has 0 radical (unpaired) electrons. The van der Waals surface area contributed by atoms with Crippen LogP contribution in [0.15, 0.2) is 60.7 Å². The fraction of sp³-hybridized carbons (Fsp3) is 0.105. The molecule has 0 bridgehead atoms. The van der Waals surface area contributed by atoms with Crippen molar-refractivity contribution in [3.8, 4) is 5.75 Å². The van der Waals surface area contributed by atoms with E-state index >= 15 is 0 Å². The largest absolute Gasteiger partial charge is 0.479 e. The third-order valence-electron chi connectivity index (χ3n) is 3.61. The van der Waals surface area contributed by atoms with Crippen molar-refractivity contribution in [2.45, 2.75) is 13.0 Å². The SMILES string of the molecule is C[C@H](Oc1ccc(F)cc1Cl)C(=O)Nc1cccc2ccccc12. The van der Waals surface area contributed by atoms with Gasteiger partial charge in [0, 0.05) is 11.1 Å². The number of hydrogen-bond donors (Lipinski definition) is 1. The van der Waals surface area contributed by atoms with Gasteiger partial charge in [0.1, 0.15) is 11.6 Å². The van der Waals surface area contributed by atoms with Crippen LogP contribution in [0.1, 0.15) is 6.92 Å². The monoisotopic (exact) mass is 343 g/mol. The highest BCUT2D eigenvalue weighted by atomic mass is 35.5. The summed E-state index contributed by atoms with van der Waals surface area (Å²) in [5.41, 5.74) is 0.707. The third kappa shape index (κ3) is 3.49. The van der Waals surface area contributed by atoms with Crippen LogP contribution >= 0.6 is 11.6 Å². The van der Waals surface area contributed by atoms with E-state index in [1.54, 1.807) is 6.92 Å². The fourth-order valence-electron chi connectivity index (χ4n) is 2.38. The second-order valence-corrected chi connectivity index (χ2v) is 5.76. The van der Waals surface area contributed by atoms with E-state index in [-0.39, 0.29) is 16.7 Å². The van der Waals surface area contributed by atoms with Gasteiger partial charge in [0.2, 0.25) is 0 Å². The molecule has 0 aromatic heterocycles. The molecule has 3 aromatic rings. The zero-order valence-corrected chi connectivity index (χ0v) is 13.7. The molecule has 0 aliphatic carbocycles. The number of ether oxygens (including phenoxy) is 1. The first-order valence-electron chi connectivity index (χ1n) is 7.45. The Hall–Kier alpha value is -2.59. The summed E-state index contributed by atoms with van der Waals surface area (Å²) in [6, 6.07) is 17.2. The van der Waals surface area contributed by atoms with Gasteiger partial charge in [0.15, 0.2) is 6.10 Å². The molecule has 24 heavy (non-hydrogen) atoms. The number of carbonyl (C=O) groups excluding carboxylic acids is 1. The Morgan fingerprint density at radius 1 is 1.12 bits per heavy atom. The van der Waals surface area contributed by atoms with Gasteiger partial charge in [0.25, 0.3) is 5.91 Å². The molecule has 3 aromatic carbocycles. The zero-order valence-electron chi connectivity index (χ0n) is 12.9. The quantitative estimate of drug-likeness (QED) is 0.720. The van der Waals surface area contributed by atoms with Crippen LogP contribution in [0.25, 0.3) is 10.8 Å². The number of nitrogens with one attached hydrogen (secondary N) is 1. The Kier molecular flexibility index (Phi) is 4.67. The molecule has 0 heterocycles. The number of halogens is 2. The van der Waals surface area contributed by atoms with Crippen LogP contribution < -0.4 is 10.1 Å². The number of fused-ring (bicyclic) bond motifs is 1. The van der Waals surface area contributed by atoms with Crippen molar-refractivity contribution < 1.29 is 13.9 Å². The van der Waals surface area contributed by atoms with Crippen molar-refractivity contribution >= 4 is 34.0 Å². The fourth-order valence-corrected chi connectivity index (χ4v) is 2.60. The van der Waals surface area contributed by atoms with E-state index < -0.39 is 11.9 Å². The van der Waals surface area contributed by atoms with E-state index in [2.05, 4.69) is 5.32 Å². The highest BCUT2D eigenvalue weighted by molar-refractivity contribution is 6.32. The van der Waals surface area contributed by atoms with Crippen molar-refractivity contribution in [2.75, 3.05) is 5.32 Å². The van der Waals surface area contributed by atoms with Gasteiger partial charge >= 0.3 is 0 Å². The van der Waals surface area contributed by atoms with Crippen LogP contribution in [0.2, 0.25) is 5.02 Å². The third-order valence-corrected chi connectivity index (χ3v) is 3.91. The molecule has 0 fully saturated rings. The van der Waals surface area contributed by atoms with Gasteiger partial charge in [-0.25, -0.2) is 4.39 Å². The predicted molar refractivity (Wildman–Crippen MR) is 94.1 cm³/mol. The van der Waals surface area contributed by atoms with Crippen LogP contribution in [0.5, 0.6) is 5.75 Å². The highest BCUT2D eigenvalue weighted by Gasteiger charge is 2.17. The van der Waals surface area contributed by atoms with Gasteiger partial charge in [-0.15, -0.1) is 0 Å². The van der Waals surface area contributed by atoms with Gasteiger partial charge in [-0.2, -0.15) is 0 Å². The van der Waals surface area contributed by atoms with Gasteiger partial charge in [-0.1, -0.05) is 48.0 Å². The van der Waals surface area contributed by atoms with Crippen molar-refractivity contribution in [3.05, 3.63) is 71.5 Å². The van der Waals surface area contributed by atoms with Crippen LogP contribution in [-0.4, -0.2) is 12.0 Å². The zero-order chi connectivity index (χ0) is 17.1. The van der Waals surface area contributed by atoms with Crippen molar-refractivity contribution in [1.29, 1.82) is 0 Å². The molecule has 0 aliphatic rings. The van der Waals surface area contributed by atoms with E-state index in [0.29, 0.717) is 5.69 Å². The first-order valence-corrected chi connectivity index (χ1v) is 7.83. The lowest BCUT2D eigenvalue weighted by molar-refractivity contribution is -0.122. The molecule has 0 unspecified atom stereocenters. The van der Waals surface area contributed by atoms with Gasteiger partial charge in [-0.3, -0.25) is 4.79 Å². The Bertz CT molecular complexity index is 892. The maximum atomic E-state index is 13.1. The molecule has 1 amide bonds. The summed E-state index contributed by atoms with van der Waals surface area (Å²) in [6.07, 6.45) is -0.785. The van der Waals surface area contributed by atoms with Gasteiger partial charge in [-0.05, 0) is 36.6 Å². The highest BCUT2D eigenvalue weighted by Crippen LogP contribution is 2.27. The maximum absolute atomic E-state index is 13.1. The van der Waals surface area contributed by atoms with E-state index in [0.717, 1.165) is 16.8 Å². The normalized spacial score (nSPS) is 12.0. The van der Waals surface area contributed by atoms with E-state index in [1.165, 1.54) is 12.1 Å². The molecular weight excluding hydrogens is 329 g/mol. The second-order valence-electron chi connectivity index (χ2n) is 5.35. The first-order chi connectivity index (χ1) is 11.5.